The lowest BCUT2D eigenvalue weighted by Crippen LogP contribution is -2.24. The van der Waals surface area contributed by atoms with Crippen LogP contribution in [0.5, 0.6) is 0 Å². The van der Waals surface area contributed by atoms with Crippen molar-refractivity contribution in [1.82, 2.24) is 9.55 Å². The number of hydrogen-bond donors (Lipinski definition) is 1. The van der Waals surface area contributed by atoms with Gasteiger partial charge in [-0.15, -0.1) is 0 Å². The maximum absolute atomic E-state index is 12.3. The highest BCUT2D eigenvalue weighted by Crippen LogP contribution is 2.27. The van der Waals surface area contributed by atoms with Gasteiger partial charge in [-0.25, -0.2) is 9.78 Å². The molecule has 0 spiro atoms. The lowest BCUT2D eigenvalue weighted by Gasteiger charge is -2.02. The molecule has 2 aromatic heterocycles. The van der Waals surface area contributed by atoms with Gasteiger partial charge in [-0.3, -0.25) is 9.36 Å². The summed E-state index contributed by atoms with van der Waals surface area (Å²) in [5.41, 5.74) is 2.99. The Morgan fingerprint density at radius 3 is 2.92 bits per heavy atom. The number of nitrogens with one attached hydrogen (secondary N) is 1. The maximum Gasteiger partial charge on any atom is 0.420 e. The SMILES string of the molecule is Cc1cccc2sc(NC(=O)Cn3c(=O)oc4ccccc43)nc12. The summed E-state index contributed by atoms with van der Waals surface area (Å²) in [6.45, 7) is 1.86. The number of para-hydroxylation sites is 3. The van der Waals surface area contributed by atoms with Crippen LogP contribution in [0.15, 0.2) is 51.7 Å². The molecule has 2 heterocycles. The molecule has 0 saturated heterocycles. The molecule has 0 aliphatic carbocycles. The van der Waals surface area contributed by atoms with Crippen molar-refractivity contribution in [2.75, 3.05) is 5.32 Å². The van der Waals surface area contributed by atoms with Crippen molar-refractivity contribution >= 4 is 43.7 Å². The van der Waals surface area contributed by atoms with Gasteiger partial charge in [0.25, 0.3) is 0 Å². The number of amides is 1. The second-order valence-corrected chi connectivity index (χ2v) is 6.44. The van der Waals surface area contributed by atoms with E-state index in [-0.39, 0.29) is 12.5 Å². The number of aromatic nitrogens is 2. The number of anilines is 1. The van der Waals surface area contributed by atoms with E-state index in [0.29, 0.717) is 16.2 Å². The number of nitrogens with zero attached hydrogens (tertiary/aromatic N) is 2. The number of benzene rings is 2. The highest BCUT2D eigenvalue weighted by molar-refractivity contribution is 7.22. The Kier molecular flexibility index (Phi) is 3.42. The Labute approximate surface area is 140 Å². The minimum absolute atomic E-state index is 0.120. The number of carbonyl (C=O) groups is 1. The maximum atomic E-state index is 12.3. The van der Waals surface area contributed by atoms with Gasteiger partial charge >= 0.3 is 5.76 Å². The third-order valence-electron chi connectivity index (χ3n) is 3.74. The van der Waals surface area contributed by atoms with E-state index in [0.717, 1.165) is 15.8 Å². The number of fused-ring (bicyclic) bond motifs is 2. The Balaban J connectivity index is 1.60. The molecular formula is C17H13N3O3S. The molecule has 0 aliphatic heterocycles. The molecule has 0 saturated carbocycles. The Morgan fingerprint density at radius 1 is 1.25 bits per heavy atom. The van der Waals surface area contributed by atoms with Crippen LogP contribution in [0, 0.1) is 6.92 Å². The van der Waals surface area contributed by atoms with E-state index in [1.807, 2.05) is 25.1 Å². The first-order valence-corrected chi connectivity index (χ1v) is 8.18. The molecule has 1 N–H and O–H groups in total. The third-order valence-corrected chi connectivity index (χ3v) is 4.68. The predicted molar refractivity (Wildman–Crippen MR) is 93.5 cm³/mol. The summed E-state index contributed by atoms with van der Waals surface area (Å²) >= 11 is 1.41. The van der Waals surface area contributed by atoms with Crippen molar-refractivity contribution in [3.05, 3.63) is 58.6 Å². The summed E-state index contributed by atoms with van der Waals surface area (Å²) in [7, 11) is 0. The van der Waals surface area contributed by atoms with E-state index in [2.05, 4.69) is 10.3 Å². The van der Waals surface area contributed by atoms with Crippen LogP contribution in [0.25, 0.3) is 21.3 Å². The Bertz CT molecular complexity index is 1120. The van der Waals surface area contributed by atoms with E-state index in [9.17, 15) is 9.59 Å². The molecule has 1 amide bonds. The number of thiazole rings is 1. The van der Waals surface area contributed by atoms with Crippen LogP contribution in [-0.2, 0) is 11.3 Å². The van der Waals surface area contributed by atoms with Crippen molar-refractivity contribution < 1.29 is 9.21 Å². The molecule has 0 bridgehead atoms. The molecule has 120 valence electrons. The summed E-state index contributed by atoms with van der Waals surface area (Å²) in [5.74, 6) is -0.869. The van der Waals surface area contributed by atoms with Crippen LogP contribution in [0.3, 0.4) is 0 Å². The lowest BCUT2D eigenvalue weighted by molar-refractivity contribution is -0.116. The summed E-state index contributed by atoms with van der Waals surface area (Å²) in [6, 6.07) is 12.9. The number of carbonyl (C=O) groups excluding carboxylic acids is 1. The first-order valence-electron chi connectivity index (χ1n) is 7.36. The number of rotatable bonds is 3. The van der Waals surface area contributed by atoms with Crippen molar-refractivity contribution in [2.45, 2.75) is 13.5 Å². The number of oxazole rings is 1. The fraction of sp³-hybridized carbons (Fsp3) is 0.118. The molecule has 0 unspecified atom stereocenters. The van der Waals surface area contributed by atoms with Crippen LogP contribution in [0.4, 0.5) is 5.13 Å². The van der Waals surface area contributed by atoms with E-state index in [1.54, 1.807) is 24.3 Å². The molecule has 4 aromatic rings. The fourth-order valence-electron chi connectivity index (χ4n) is 2.61. The minimum Gasteiger partial charge on any atom is -0.408 e. The first-order chi connectivity index (χ1) is 11.6. The second-order valence-electron chi connectivity index (χ2n) is 5.41. The van der Waals surface area contributed by atoms with Gasteiger partial charge in [0.05, 0.1) is 15.7 Å². The molecule has 0 radical (unpaired) electrons. The van der Waals surface area contributed by atoms with Gasteiger partial charge in [-0.2, -0.15) is 0 Å². The average Bonchev–Trinajstić information content (AvgIpc) is 3.10. The second kappa shape index (κ2) is 5.61. The highest BCUT2D eigenvalue weighted by atomic mass is 32.1. The molecule has 0 atom stereocenters. The lowest BCUT2D eigenvalue weighted by atomic mass is 10.2. The normalized spacial score (nSPS) is 11.2. The zero-order chi connectivity index (χ0) is 16.7. The summed E-state index contributed by atoms with van der Waals surface area (Å²) in [6.07, 6.45) is 0. The van der Waals surface area contributed by atoms with Crippen LogP contribution in [-0.4, -0.2) is 15.5 Å². The van der Waals surface area contributed by atoms with Gasteiger partial charge in [0, 0.05) is 0 Å². The number of hydrogen-bond acceptors (Lipinski definition) is 5. The van der Waals surface area contributed by atoms with Crippen molar-refractivity contribution in [2.24, 2.45) is 0 Å². The quantitative estimate of drug-likeness (QED) is 0.622. The Hall–Kier alpha value is -2.93. The van der Waals surface area contributed by atoms with Gasteiger partial charge < -0.3 is 9.73 Å². The molecular weight excluding hydrogens is 326 g/mol. The summed E-state index contributed by atoms with van der Waals surface area (Å²) < 4.78 is 7.45. The largest absolute Gasteiger partial charge is 0.420 e. The highest BCUT2D eigenvalue weighted by Gasteiger charge is 2.14. The third kappa shape index (κ3) is 2.48. The van der Waals surface area contributed by atoms with Gasteiger partial charge in [0.15, 0.2) is 10.7 Å². The minimum atomic E-state index is -0.550. The van der Waals surface area contributed by atoms with Gasteiger partial charge in [-0.05, 0) is 30.7 Å². The molecule has 6 nitrogen and oxygen atoms in total. The van der Waals surface area contributed by atoms with E-state index in [4.69, 9.17) is 4.42 Å². The van der Waals surface area contributed by atoms with Gasteiger partial charge in [0.1, 0.15) is 6.54 Å². The average molecular weight is 339 g/mol. The Morgan fingerprint density at radius 2 is 2.08 bits per heavy atom. The molecule has 0 aliphatic rings. The van der Waals surface area contributed by atoms with Crippen molar-refractivity contribution in [3.8, 4) is 0 Å². The van der Waals surface area contributed by atoms with E-state index >= 15 is 0 Å². The van der Waals surface area contributed by atoms with Gasteiger partial charge in [-0.1, -0.05) is 35.6 Å². The van der Waals surface area contributed by atoms with E-state index < -0.39 is 5.76 Å². The van der Waals surface area contributed by atoms with Crippen molar-refractivity contribution in [3.63, 3.8) is 0 Å². The fourth-order valence-corrected chi connectivity index (χ4v) is 3.57. The van der Waals surface area contributed by atoms with E-state index in [1.165, 1.54) is 15.9 Å². The molecule has 7 heteroatoms. The monoisotopic (exact) mass is 339 g/mol. The standard InChI is InChI=1S/C17H13N3O3S/c1-10-5-4-8-13-15(10)19-16(24-13)18-14(21)9-20-11-6-2-3-7-12(11)23-17(20)22/h2-8H,9H2,1H3,(H,18,19,21). The molecule has 4 rings (SSSR count). The number of aryl methyl sites for hydroxylation is 1. The molecule has 2 aromatic carbocycles. The molecule has 24 heavy (non-hydrogen) atoms. The molecule has 0 fully saturated rings. The zero-order valence-electron chi connectivity index (χ0n) is 12.8. The van der Waals surface area contributed by atoms with Crippen LogP contribution >= 0.6 is 11.3 Å². The van der Waals surface area contributed by atoms with Crippen molar-refractivity contribution in [1.29, 1.82) is 0 Å². The van der Waals surface area contributed by atoms with Crippen LogP contribution in [0.2, 0.25) is 0 Å². The van der Waals surface area contributed by atoms with Gasteiger partial charge in [0.2, 0.25) is 5.91 Å². The summed E-state index contributed by atoms with van der Waals surface area (Å²) in [5, 5.41) is 3.27. The zero-order valence-corrected chi connectivity index (χ0v) is 13.6. The van der Waals surface area contributed by atoms with Crippen LogP contribution < -0.4 is 11.1 Å². The topological polar surface area (TPSA) is 77.1 Å². The smallest absolute Gasteiger partial charge is 0.408 e. The first kappa shape index (κ1) is 14.6. The summed E-state index contributed by atoms with van der Waals surface area (Å²) in [4.78, 5) is 28.6. The predicted octanol–water partition coefficient (Wildman–Crippen LogP) is 3.15. The van der Waals surface area contributed by atoms with Crippen LogP contribution in [0.1, 0.15) is 5.56 Å².